The van der Waals surface area contributed by atoms with Gasteiger partial charge in [0.05, 0.1) is 7.85 Å². The number of aryl methyl sites for hydroxylation is 1. The van der Waals surface area contributed by atoms with E-state index in [1.807, 2.05) is 13.8 Å². The minimum absolute atomic E-state index is 0.931. The first-order valence-corrected chi connectivity index (χ1v) is 6.40. The van der Waals surface area contributed by atoms with Crippen LogP contribution < -0.4 is 0 Å². The van der Waals surface area contributed by atoms with Crippen molar-refractivity contribution in [2.45, 2.75) is 47.9 Å². The lowest BCUT2D eigenvalue weighted by Gasteiger charge is -2.04. The van der Waals surface area contributed by atoms with Crippen LogP contribution in [0.1, 0.15) is 45.2 Å². The first-order chi connectivity index (χ1) is 8.25. The van der Waals surface area contributed by atoms with Gasteiger partial charge in [0.25, 0.3) is 0 Å². The predicted octanol–water partition coefficient (Wildman–Crippen LogP) is 4.44. The van der Waals surface area contributed by atoms with E-state index in [0.29, 0.717) is 0 Å². The average molecular weight is 231 g/mol. The zero-order valence-electron chi connectivity index (χ0n) is 12.2. The number of rotatable bonds is 3. The molecule has 0 aliphatic carbocycles. The molecule has 0 heterocycles. The van der Waals surface area contributed by atoms with E-state index in [-0.39, 0.29) is 0 Å². The largest absolute Gasteiger partial charge is 0.289 e. The molecular weight excluding hydrogens is 205 g/mol. The van der Waals surface area contributed by atoms with Crippen LogP contribution in [0, 0.1) is 6.92 Å². The topological polar surface area (TPSA) is 12.4 Å². The van der Waals surface area contributed by atoms with Crippen LogP contribution in [-0.2, 0) is 0 Å². The SMILES string of the molecule is CC.CCCN=C(C)c1ccccc1C.[B]C. The summed E-state index contributed by atoms with van der Waals surface area (Å²) in [5, 5.41) is 0. The highest BCUT2D eigenvalue weighted by Crippen LogP contribution is 2.08. The van der Waals surface area contributed by atoms with Gasteiger partial charge < -0.3 is 0 Å². The summed E-state index contributed by atoms with van der Waals surface area (Å²) >= 11 is 0. The summed E-state index contributed by atoms with van der Waals surface area (Å²) in [5.41, 5.74) is 3.73. The molecule has 0 N–H and O–H groups in total. The predicted molar refractivity (Wildman–Crippen MR) is 81.5 cm³/mol. The lowest BCUT2D eigenvalue weighted by molar-refractivity contribution is 0.931. The molecule has 1 nitrogen and oxygen atoms in total. The van der Waals surface area contributed by atoms with Crippen LogP contribution in [0.2, 0.25) is 6.82 Å². The Morgan fingerprint density at radius 2 is 1.71 bits per heavy atom. The second-order valence-corrected chi connectivity index (χ2v) is 3.28. The summed E-state index contributed by atoms with van der Waals surface area (Å²) in [6.07, 6.45) is 1.11. The second-order valence-electron chi connectivity index (χ2n) is 3.28. The molecule has 0 saturated carbocycles. The van der Waals surface area contributed by atoms with Crippen molar-refractivity contribution in [3.05, 3.63) is 35.4 Å². The van der Waals surface area contributed by atoms with Gasteiger partial charge in [0, 0.05) is 12.3 Å². The average Bonchev–Trinajstić information content (AvgIpc) is 2.41. The Hall–Kier alpha value is -1.05. The van der Waals surface area contributed by atoms with Gasteiger partial charge in [0.1, 0.15) is 0 Å². The first kappa shape index (κ1) is 18.3. The summed E-state index contributed by atoms with van der Waals surface area (Å²) in [4.78, 5) is 4.49. The number of nitrogens with zero attached hydrogens (tertiary/aromatic N) is 1. The lowest BCUT2D eigenvalue weighted by atomic mass is 10.1. The Balaban J connectivity index is 0. The van der Waals surface area contributed by atoms with Gasteiger partial charge in [-0.1, -0.05) is 51.9 Å². The molecular formula is C15H26BN. The molecule has 2 radical (unpaired) electrons. The Bertz CT molecular complexity index is 306. The summed E-state index contributed by atoms with van der Waals surface area (Å²) < 4.78 is 0. The van der Waals surface area contributed by atoms with Gasteiger partial charge in [-0.2, -0.15) is 0 Å². The van der Waals surface area contributed by atoms with Gasteiger partial charge in [-0.15, -0.1) is 0 Å². The Labute approximate surface area is 109 Å². The maximum Gasteiger partial charge on any atom is 0.0606 e. The van der Waals surface area contributed by atoms with Crippen LogP contribution in [0.5, 0.6) is 0 Å². The molecule has 0 aromatic heterocycles. The van der Waals surface area contributed by atoms with Crippen molar-refractivity contribution in [1.82, 2.24) is 0 Å². The van der Waals surface area contributed by atoms with E-state index < -0.39 is 0 Å². The third kappa shape index (κ3) is 7.79. The molecule has 0 fully saturated rings. The molecule has 1 aromatic carbocycles. The standard InChI is InChI=1S/C12H17N.C2H6.CH3B/c1-4-9-13-11(3)12-8-6-5-7-10(12)2;2*1-2/h5-8H,4,9H2,1-3H3;1-2H3;1H3. The van der Waals surface area contributed by atoms with Gasteiger partial charge >= 0.3 is 0 Å². The molecule has 94 valence electrons. The van der Waals surface area contributed by atoms with Crippen LogP contribution in [0.25, 0.3) is 0 Å². The van der Waals surface area contributed by atoms with E-state index >= 15 is 0 Å². The lowest BCUT2D eigenvalue weighted by Crippen LogP contribution is -1.98. The van der Waals surface area contributed by atoms with Crippen molar-refractivity contribution in [3.63, 3.8) is 0 Å². The van der Waals surface area contributed by atoms with Crippen LogP contribution in [0.3, 0.4) is 0 Å². The molecule has 0 amide bonds. The number of aliphatic imine (C=N–C) groups is 1. The molecule has 0 aliphatic rings. The zero-order chi connectivity index (χ0) is 13.7. The molecule has 0 saturated heterocycles. The van der Waals surface area contributed by atoms with Gasteiger partial charge in [-0.25, -0.2) is 0 Å². The Kier molecular flexibility index (Phi) is 14.0. The molecule has 17 heavy (non-hydrogen) atoms. The van der Waals surface area contributed by atoms with Crippen LogP contribution in [0.15, 0.2) is 29.3 Å². The van der Waals surface area contributed by atoms with Gasteiger partial charge in [-0.05, 0) is 31.4 Å². The minimum Gasteiger partial charge on any atom is -0.289 e. The zero-order valence-corrected chi connectivity index (χ0v) is 12.2. The van der Waals surface area contributed by atoms with E-state index in [9.17, 15) is 0 Å². The third-order valence-electron chi connectivity index (χ3n) is 2.11. The maximum atomic E-state index is 4.50. The van der Waals surface area contributed by atoms with Crippen molar-refractivity contribution in [1.29, 1.82) is 0 Å². The summed E-state index contributed by atoms with van der Waals surface area (Å²) in [6.45, 7) is 12.8. The quantitative estimate of drug-likeness (QED) is 0.538. The third-order valence-corrected chi connectivity index (χ3v) is 2.11. The van der Waals surface area contributed by atoms with Crippen molar-refractivity contribution in [2.75, 3.05) is 6.54 Å². The summed E-state index contributed by atoms with van der Waals surface area (Å²) in [6, 6.07) is 8.38. The van der Waals surface area contributed by atoms with Crippen LogP contribution in [-0.4, -0.2) is 20.1 Å². The smallest absolute Gasteiger partial charge is 0.0606 e. The van der Waals surface area contributed by atoms with E-state index in [0.717, 1.165) is 18.7 Å². The minimum atomic E-state index is 0.931. The summed E-state index contributed by atoms with van der Waals surface area (Å²) in [5.74, 6) is 0. The van der Waals surface area contributed by atoms with E-state index in [1.54, 1.807) is 0 Å². The van der Waals surface area contributed by atoms with E-state index in [2.05, 4.69) is 57.9 Å². The van der Waals surface area contributed by atoms with E-state index in [4.69, 9.17) is 0 Å². The molecule has 0 bridgehead atoms. The van der Waals surface area contributed by atoms with E-state index in [1.165, 1.54) is 17.9 Å². The number of benzene rings is 1. The van der Waals surface area contributed by atoms with Crippen molar-refractivity contribution < 1.29 is 0 Å². The Morgan fingerprint density at radius 1 is 1.18 bits per heavy atom. The van der Waals surface area contributed by atoms with Crippen molar-refractivity contribution in [3.8, 4) is 0 Å². The molecule has 0 aliphatic heterocycles. The van der Waals surface area contributed by atoms with Crippen LogP contribution in [0.4, 0.5) is 0 Å². The normalized spacial score (nSPS) is 9.65. The maximum absolute atomic E-state index is 4.50. The van der Waals surface area contributed by atoms with Gasteiger partial charge in [0.2, 0.25) is 0 Å². The summed E-state index contributed by atoms with van der Waals surface area (Å²) in [7, 11) is 4.50. The molecule has 0 unspecified atom stereocenters. The molecule has 0 atom stereocenters. The molecule has 2 heteroatoms. The first-order valence-electron chi connectivity index (χ1n) is 6.40. The molecule has 1 aromatic rings. The highest BCUT2D eigenvalue weighted by molar-refractivity contribution is 6.05. The van der Waals surface area contributed by atoms with Crippen molar-refractivity contribution >= 4 is 13.6 Å². The number of hydrogen-bond acceptors (Lipinski definition) is 1. The highest BCUT2D eigenvalue weighted by atomic mass is 14.7. The second kappa shape index (κ2) is 13.0. The fourth-order valence-electron chi connectivity index (χ4n) is 1.34. The highest BCUT2D eigenvalue weighted by Gasteiger charge is 1.98. The van der Waals surface area contributed by atoms with Crippen molar-refractivity contribution in [2.24, 2.45) is 4.99 Å². The van der Waals surface area contributed by atoms with Crippen LogP contribution >= 0.6 is 0 Å². The van der Waals surface area contributed by atoms with Gasteiger partial charge in [-0.3, -0.25) is 4.99 Å². The monoisotopic (exact) mass is 231 g/mol. The molecule has 0 spiro atoms. The fraction of sp³-hybridized carbons (Fsp3) is 0.533. The number of hydrogen-bond donors (Lipinski definition) is 0. The van der Waals surface area contributed by atoms with Gasteiger partial charge in [0.15, 0.2) is 0 Å². The Morgan fingerprint density at radius 3 is 2.18 bits per heavy atom. The molecule has 1 rings (SSSR count). The fourth-order valence-corrected chi connectivity index (χ4v) is 1.34.